The highest BCUT2D eigenvalue weighted by Gasteiger charge is 2.35. The molecule has 1 aliphatic carbocycles. The summed E-state index contributed by atoms with van der Waals surface area (Å²) >= 11 is 0. The highest BCUT2D eigenvalue weighted by Crippen LogP contribution is 2.41. The number of morpholine rings is 1. The van der Waals surface area contributed by atoms with Crippen LogP contribution in [0.3, 0.4) is 0 Å². The topological polar surface area (TPSA) is 106 Å². The summed E-state index contributed by atoms with van der Waals surface area (Å²) < 4.78 is 17.5. The number of nitrogens with zero attached hydrogens (tertiary/aromatic N) is 1. The largest absolute Gasteiger partial charge is 0.493 e. The van der Waals surface area contributed by atoms with Crippen molar-refractivity contribution in [1.29, 1.82) is 0 Å². The molecule has 0 aromatic heterocycles. The predicted octanol–water partition coefficient (Wildman–Crippen LogP) is 2.48. The number of hydrogen-bond acceptors (Lipinski definition) is 6. The van der Waals surface area contributed by atoms with Gasteiger partial charge in [0.05, 0.1) is 20.3 Å². The van der Waals surface area contributed by atoms with E-state index in [9.17, 15) is 0 Å². The van der Waals surface area contributed by atoms with E-state index in [1.54, 1.807) is 7.11 Å². The highest BCUT2D eigenvalue weighted by atomic mass is 16.5. The number of carboxylic acid groups (broad SMARTS) is 2. The van der Waals surface area contributed by atoms with Gasteiger partial charge in [0.1, 0.15) is 6.10 Å². The minimum atomic E-state index is -1.82. The Morgan fingerprint density at radius 3 is 2.26 bits per heavy atom. The van der Waals surface area contributed by atoms with Gasteiger partial charge in [0, 0.05) is 25.6 Å². The number of carbonyl (C=O) groups is 2. The second kappa shape index (κ2) is 10.8. The Bertz CT molecular complexity index is 883. The standard InChI is InChI=1S/C21H25NO3.C2H2O4/c1-23-19-8-4-5-9-20(19)25-21-17(15-22-10-12-24-13-11-22)14-16-6-2-3-7-18(16)21;3-1(4)2(5)6/h2-9,17,21H,10-15H2,1H3;(H,3,4)(H,5,6). The number of hydrogen-bond donors (Lipinski definition) is 2. The lowest BCUT2D eigenvalue weighted by Crippen LogP contribution is -2.40. The molecule has 1 saturated heterocycles. The molecule has 8 nitrogen and oxygen atoms in total. The van der Waals surface area contributed by atoms with Crippen LogP contribution in [0.5, 0.6) is 11.5 Å². The number of para-hydroxylation sites is 2. The summed E-state index contributed by atoms with van der Waals surface area (Å²) in [4.78, 5) is 20.7. The van der Waals surface area contributed by atoms with Crippen molar-refractivity contribution in [3.63, 3.8) is 0 Å². The fourth-order valence-corrected chi connectivity index (χ4v) is 3.93. The van der Waals surface area contributed by atoms with Crippen LogP contribution in [0.2, 0.25) is 0 Å². The van der Waals surface area contributed by atoms with Gasteiger partial charge in [0.25, 0.3) is 0 Å². The Morgan fingerprint density at radius 2 is 1.61 bits per heavy atom. The van der Waals surface area contributed by atoms with Gasteiger partial charge in [-0.15, -0.1) is 0 Å². The molecule has 0 bridgehead atoms. The zero-order chi connectivity index (χ0) is 22.2. The highest BCUT2D eigenvalue weighted by molar-refractivity contribution is 6.27. The minimum Gasteiger partial charge on any atom is -0.493 e. The van der Waals surface area contributed by atoms with Gasteiger partial charge in [-0.05, 0) is 29.7 Å². The summed E-state index contributed by atoms with van der Waals surface area (Å²) in [6.45, 7) is 4.72. The summed E-state index contributed by atoms with van der Waals surface area (Å²) in [6.07, 6.45) is 1.13. The van der Waals surface area contributed by atoms with Crippen LogP contribution in [0.4, 0.5) is 0 Å². The Morgan fingerprint density at radius 1 is 1.00 bits per heavy atom. The molecule has 2 aromatic rings. The molecule has 2 unspecified atom stereocenters. The van der Waals surface area contributed by atoms with Crippen LogP contribution in [0.1, 0.15) is 17.2 Å². The molecular weight excluding hydrogens is 402 g/mol. The quantitative estimate of drug-likeness (QED) is 0.699. The van der Waals surface area contributed by atoms with Gasteiger partial charge in [0.15, 0.2) is 11.5 Å². The maximum absolute atomic E-state index is 9.10. The van der Waals surface area contributed by atoms with E-state index in [4.69, 9.17) is 34.0 Å². The lowest BCUT2D eigenvalue weighted by molar-refractivity contribution is -0.159. The number of methoxy groups -OCH3 is 1. The first-order valence-corrected chi connectivity index (χ1v) is 10.1. The van der Waals surface area contributed by atoms with Crippen LogP contribution < -0.4 is 9.47 Å². The van der Waals surface area contributed by atoms with Crippen molar-refractivity contribution in [1.82, 2.24) is 4.90 Å². The molecule has 31 heavy (non-hydrogen) atoms. The summed E-state index contributed by atoms with van der Waals surface area (Å²) in [6, 6.07) is 16.6. The second-order valence-corrected chi connectivity index (χ2v) is 7.38. The Balaban J connectivity index is 0.000000401. The van der Waals surface area contributed by atoms with Crippen molar-refractivity contribution in [3.8, 4) is 11.5 Å². The first-order valence-electron chi connectivity index (χ1n) is 10.1. The summed E-state index contributed by atoms with van der Waals surface area (Å²) in [5, 5.41) is 14.8. The van der Waals surface area contributed by atoms with E-state index < -0.39 is 11.9 Å². The van der Waals surface area contributed by atoms with Gasteiger partial charge < -0.3 is 24.4 Å². The van der Waals surface area contributed by atoms with Gasteiger partial charge in [0.2, 0.25) is 0 Å². The third-order valence-corrected chi connectivity index (χ3v) is 5.37. The lowest BCUT2D eigenvalue weighted by atomic mass is 10.0. The van der Waals surface area contributed by atoms with E-state index in [2.05, 4.69) is 29.2 Å². The van der Waals surface area contributed by atoms with E-state index in [0.717, 1.165) is 50.8 Å². The molecule has 4 rings (SSSR count). The van der Waals surface area contributed by atoms with Crippen LogP contribution in [0, 0.1) is 5.92 Å². The van der Waals surface area contributed by atoms with Gasteiger partial charge in [-0.2, -0.15) is 0 Å². The monoisotopic (exact) mass is 429 g/mol. The van der Waals surface area contributed by atoms with Crippen molar-refractivity contribution in [2.45, 2.75) is 12.5 Å². The molecule has 1 aliphatic heterocycles. The molecule has 2 N–H and O–H groups in total. The number of carboxylic acids is 2. The van der Waals surface area contributed by atoms with Crippen LogP contribution in [-0.2, 0) is 20.7 Å². The molecule has 0 amide bonds. The number of rotatable bonds is 5. The Labute approximate surface area is 181 Å². The molecule has 0 spiro atoms. The average Bonchev–Trinajstić information content (AvgIpc) is 3.12. The molecule has 1 fully saturated rings. The van der Waals surface area contributed by atoms with Crippen LogP contribution in [-0.4, -0.2) is 67.0 Å². The molecule has 166 valence electrons. The normalized spacial score (nSPS) is 20.2. The zero-order valence-corrected chi connectivity index (χ0v) is 17.4. The summed E-state index contributed by atoms with van der Waals surface area (Å²) in [7, 11) is 1.69. The van der Waals surface area contributed by atoms with Gasteiger partial charge in [-0.25, -0.2) is 9.59 Å². The van der Waals surface area contributed by atoms with Crippen LogP contribution in [0.15, 0.2) is 48.5 Å². The van der Waals surface area contributed by atoms with E-state index in [0.29, 0.717) is 5.92 Å². The number of aliphatic carboxylic acids is 2. The average molecular weight is 429 g/mol. The zero-order valence-electron chi connectivity index (χ0n) is 17.4. The smallest absolute Gasteiger partial charge is 0.414 e. The van der Waals surface area contributed by atoms with Gasteiger partial charge in [-0.1, -0.05) is 36.4 Å². The van der Waals surface area contributed by atoms with E-state index in [1.807, 2.05) is 24.3 Å². The maximum atomic E-state index is 9.10. The Kier molecular flexibility index (Phi) is 7.86. The summed E-state index contributed by atoms with van der Waals surface area (Å²) in [5.41, 5.74) is 2.72. The second-order valence-electron chi connectivity index (χ2n) is 7.38. The van der Waals surface area contributed by atoms with Gasteiger partial charge >= 0.3 is 11.9 Å². The third kappa shape index (κ3) is 5.96. The number of benzene rings is 2. The van der Waals surface area contributed by atoms with Crippen molar-refractivity contribution in [2.24, 2.45) is 5.92 Å². The van der Waals surface area contributed by atoms with Crippen molar-refractivity contribution in [3.05, 3.63) is 59.7 Å². The lowest BCUT2D eigenvalue weighted by Gasteiger charge is -2.31. The van der Waals surface area contributed by atoms with Crippen molar-refractivity contribution >= 4 is 11.9 Å². The predicted molar refractivity (Wildman–Crippen MR) is 113 cm³/mol. The fraction of sp³-hybridized carbons (Fsp3) is 0.391. The minimum absolute atomic E-state index is 0.0651. The molecule has 8 heteroatoms. The van der Waals surface area contributed by atoms with Crippen molar-refractivity contribution in [2.75, 3.05) is 40.0 Å². The molecule has 2 aromatic carbocycles. The maximum Gasteiger partial charge on any atom is 0.414 e. The van der Waals surface area contributed by atoms with Crippen LogP contribution >= 0.6 is 0 Å². The molecular formula is C23H27NO7. The van der Waals surface area contributed by atoms with Gasteiger partial charge in [-0.3, -0.25) is 4.90 Å². The summed E-state index contributed by atoms with van der Waals surface area (Å²) in [5.74, 6) is -1.60. The molecule has 2 atom stereocenters. The third-order valence-electron chi connectivity index (χ3n) is 5.37. The van der Waals surface area contributed by atoms with Crippen LogP contribution in [0.25, 0.3) is 0 Å². The number of ether oxygens (including phenoxy) is 3. The van der Waals surface area contributed by atoms with E-state index >= 15 is 0 Å². The fourth-order valence-electron chi connectivity index (χ4n) is 3.93. The first kappa shape index (κ1) is 22.6. The van der Waals surface area contributed by atoms with Crippen molar-refractivity contribution < 1.29 is 34.0 Å². The molecule has 1 heterocycles. The van der Waals surface area contributed by atoms with E-state index in [-0.39, 0.29) is 6.10 Å². The molecule has 0 saturated carbocycles. The number of fused-ring (bicyclic) bond motifs is 1. The molecule has 0 radical (unpaired) electrons. The molecule has 2 aliphatic rings. The SMILES string of the molecule is COc1ccccc1OC1c2ccccc2CC1CN1CCOCC1.O=C(O)C(=O)O. The Hall–Kier alpha value is -3.10. The first-order chi connectivity index (χ1) is 15.0. The van der Waals surface area contributed by atoms with E-state index in [1.165, 1.54) is 11.1 Å².